The first-order chi connectivity index (χ1) is 7.83. The van der Waals surface area contributed by atoms with Crippen molar-refractivity contribution in [3.8, 4) is 11.8 Å². The second-order valence-corrected chi connectivity index (χ2v) is 3.07. The smallest absolute Gasteiger partial charge is 0.515 e. The zero-order valence-corrected chi connectivity index (χ0v) is 8.27. The summed E-state index contributed by atoms with van der Waals surface area (Å²) in [6.45, 7) is -6.75. The van der Waals surface area contributed by atoms with Gasteiger partial charge < -0.3 is 17.7 Å². The minimum atomic E-state index is -5.19. The molecule has 0 aliphatic heterocycles. The van der Waals surface area contributed by atoms with Crippen LogP contribution < -0.4 is 4.74 Å². The van der Waals surface area contributed by atoms with Gasteiger partial charge in [-0.1, -0.05) is 0 Å². The Bertz CT molecular complexity index is 484. The van der Waals surface area contributed by atoms with Crippen molar-refractivity contribution < 1.29 is 22.6 Å². The summed E-state index contributed by atoms with van der Waals surface area (Å²) in [7, 11) is 0. The third-order valence-corrected chi connectivity index (χ3v) is 1.71. The molecule has 0 aliphatic carbocycles. The average Bonchev–Trinajstić information content (AvgIpc) is 2.25. The maximum Gasteiger partial charge on any atom is 0.515 e. The van der Waals surface area contributed by atoms with E-state index in [9.17, 15) is 23.1 Å². The van der Waals surface area contributed by atoms with E-state index in [1.165, 1.54) is 0 Å². The van der Waals surface area contributed by atoms with Gasteiger partial charge in [0, 0.05) is 6.07 Å². The monoisotopic (exact) mass is 245 g/mol. The summed E-state index contributed by atoms with van der Waals surface area (Å²) in [6, 6.07) is 4.62. The van der Waals surface area contributed by atoms with Crippen molar-refractivity contribution in [3.05, 3.63) is 33.9 Å². The van der Waals surface area contributed by atoms with E-state index in [1.807, 2.05) is 0 Å². The number of ether oxygens (including phenoxy) is 1. The Labute approximate surface area is 93.6 Å². The van der Waals surface area contributed by atoms with Crippen molar-refractivity contribution in [2.24, 2.45) is 0 Å². The molecule has 0 fully saturated rings. The van der Waals surface area contributed by atoms with Gasteiger partial charge in [-0.2, -0.15) is 5.26 Å². The first-order valence-corrected chi connectivity index (χ1v) is 4.36. The van der Waals surface area contributed by atoms with Crippen LogP contribution in [-0.2, 0) is 0 Å². The van der Waals surface area contributed by atoms with E-state index in [1.54, 1.807) is 6.07 Å². The Kier molecular flexibility index (Phi) is 3.57. The lowest BCUT2D eigenvalue weighted by Gasteiger charge is -2.14. The van der Waals surface area contributed by atoms with Gasteiger partial charge in [0.1, 0.15) is 0 Å². The molecule has 17 heavy (non-hydrogen) atoms. The summed E-state index contributed by atoms with van der Waals surface area (Å²) >= 11 is 0. The molecule has 0 aliphatic rings. The molecule has 1 aromatic carbocycles. The second kappa shape index (κ2) is 4.73. The number of nitro benzene ring substituents is 1. The lowest BCUT2D eigenvalue weighted by molar-refractivity contribution is -0.385. The number of hydrogen-bond donors (Lipinski definition) is 0. The molecule has 0 heterocycles. The molecule has 0 spiro atoms. The van der Waals surface area contributed by atoms with E-state index >= 15 is 0 Å². The van der Waals surface area contributed by atoms with Crippen LogP contribution in [0.25, 0.3) is 0 Å². The van der Waals surface area contributed by atoms with Gasteiger partial charge in [-0.05, 0) is 12.1 Å². The highest BCUT2D eigenvalue weighted by molar-refractivity contribution is 6.58. The second-order valence-electron chi connectivity index (χ2n) is 3.07. The summed E-state index contributed by atoms with van der Waals surface area (Å²) in [4.78, 5) is 9.65. The van der Waals surface area contributed by atoms with E-state index in [4.69, 9.17) is 5.26 Å². The summed E-state index contributed by atoms with van der Waals surface area (Å²) in [5.41, 5.74) is -0.689. The summed E-state index contributed by atoms with van der Waals surface area (Å²) < 4.78 is 40.1. The first-order valence-electron chi connectivity index (χ1n) is 4.36. The van der Waals surface area contributed by atoms with Crippen molar-refractivity contribution in [1.29, 1.82) is 5.26 Å². The van der Waals surface area contributed by atoms with E-state index in [0.717, 1.165) is 18.2 Å². The summed E-state index contributed by atoms with van der Waals surface area (Å²) in [5.74, 6) is -0.506. The SMILES string of the molecule is N#Cc1ccc(OC[B-](F)(F)F)c([N+](=O)[O-])c1. The normalized spacial score (nSPS) is 10.7. The third kappa shape index (κ3) is 3.68. The summed E-state index contributed by atoms with van der Waals surface area (Å²) in [5, 5.41) is 19.1. The number of hydrogen-bond acceptors (Lipinski definition) is 4. The van der Waals surface area contributed by atoms with Gasteiger partial charge in [0.2, 0.25) is 0 Å². The highest BCUT2D eigenvalue weighted by atomic mass is 19.4. The van der Waals surface area contributed by atoms with Gasteiger partial charge in [0.25, 0.3) is 0 Å². The van der Waals surface area contributed by atoms with Crippen molar-refractivity contribution >= 4 is 12.7 Å². The molecule has 0 radical (unpaired) electrons. The van der Waals surface area contributed by atoms with Crippen molar-refractivity contribution in [2.75, 3.05) is 6.51 Å². The van der Waals surface area contributed by atoms with Crippen LogP contribution in [0.4, 0.5) is 18.6 Å². The molecule has 0 N–H and O–H groups in total. The van der Waals surface area contributed by atoms with E-state index in [2.05, 4.69) is 4.74 Å². The molecule has 0 unspecified atom stereocenters. The zero-order valence-electron chi connectivity index (χ0n) is 8.27. The van der Waals surface area contributed by atoms with Crippen LogP contribution in [0.15, 0.2) is 18.2 Å². The largest absolute Gasteiger partial charge is 0.517 e. The van der Waals surface area contributed by atoms with Gasteiger partial charge in [0.05, 0.1) is 23.1 Å². The zero-order chi connectivity index (χ0) is 13.1. The first kappa shape index (κ1) is 12.8. The third-order valence-electron chi connectivity index (χ3n) is 1.71. The quantitative estimate of drug-likeness (QED) is 0.463. The Balaban J connectivity index is 3.00. The predicted molar refractivity (Wildman–Crippen MR) is 52.4 cm³/mol. The highest BCUT2D eigenvalue weighted by Gasteiger charge is 2.26. The van der Waals surface area contributed by atoms with Crippen LogP contribution in [0.3, 0.4) is 0 Å². The Hall–Kier alpha value is -2.24. The van der Waals surface area contributed by atoms with Gasteiger partial charge in [-0.3, -0.25) is 10.1 Å². The molecule has 90 valence electrons. The minimum Gasteiger partial charge on any atom is -0.517 e. The molecular formula is C8H5BF3N2O3-. The van der Waals surface area contributed by atoms with Crippen LogP contribution in [0, 0.1) is 21.4 Å². The minimum absolute atomic E-state index is 0.0263. The maximum atomic E-state index is 11.9. The van der Waals surface area contributed by atoms with Crippen LogP contribution in [0.1, 0.15) is 5.56 Å². The number of rotatable bonds is 4. The van der Waals surface area contributed by atoms with Crippen molar-refractivity contribution in [1.82, 2.24) is 0 Å². The van der Waals surface area contributed by atoms with Gasteiger partial charge in [-0.15, -0.1) is 0 Å². The molecule has 0 saturated carbocycles. The van der Waals surface area contributed by atoms with Gasteiger partial charge >= 0.3 is 12.7 Å². The van der Waals surface area contributed by atoms with Crippen molar-refractivity contribution in [3.63, 3.8) is 0 Å². The Morgan fingerprint density at radius 1 is 1.47 bits per heavy atom. The predicted octanol–water partition coefficient (Wildman–Crippen LogP) is 2.23. The van der Waals surface area contributed by atoms with Crippen molar-refractivity contribution in [2.45, 2.75) is 0 Å². The molecule has 0 atom stereocenters. The molecule has 0 aromatic heterocycles. The van der Waals surface area contributed by atoms with Crippen LogP contribution in [-0.4, -0.2) is 18.4 Å². The molecule has 5 nitrogen and oxygen atoms in total. The van der Waals surface area contributed by atoms with Gasteiger partial charge in [-0.25, -0.2) is 0 Å². The molecule has 0 saturated heterocycles. The Morgan fingerprint density at radius 2 is 2.12 bits per heavy atom. The molecule has 0 bridgehead atoms. The molecule has 9 heteroatoms. The van der Waals surface area contributed by atoms with E-state index in [-0.39, 0.29) is 5.56 Å². The Morgan fingerprint density at radius 3 is 2.59 bits per heavy atom. The van der Waals surface area contributed by atoms with Crippen LogP contribution >= 0.6 is 0 Å². The topological polar surface area (TPSA) is 76.2 Å². The molecular weight excluding hydrogens is 240 g/mol. The molecule has 0 amide bonds. The van der Waals surface area contributed by atoms with Crippen LogP contribution in [0.5, 0.6) is 5.75 Å². The fraction of sp³-hybridized carbons (Fsp3) is 0.125. The van der Waals surface area contributed by atoms with E-state index < -0.39 is 29.8 Å². The number of benzene rings is 1. The number of nitrogens with zero attached hydrogens (tertiary/aromatic N) is 2. The average molecular weight is 245 g/mol. The lowest BCUT2D eigenvalue weighted by atomic mass is 9.95. The molecule has 1 rings (SSSR count). The number of nitriles is 1. The number of nitro groups is 1. The van der Waals surface area contributed by atoms with Gasteiger partial charge in [0.15, 0.2) is 5.75 Å². The lowest BCUT2D eigenvalue weighted by Crippen LogP contribution is -2.26. The summed E-state index contributed by atoms with van der Waals surface area (Å²) in [6.07, 6.45) is 0. The fourth-order valence-corrected chi connectivity index (χ4v) is 1.04. The molecule has 1 aromatic rings. The van der Waals surface area contributed by atoms with Crippen LogP contribution in [0.2, 0.25) is 0 Å². The van der Waals surface area contributed by atoms with E-state index in [0.29, 0.717) is 0 Å². The fourth-order valence-electron chi connectivity index (χ4n) is 1.04. The standard InChI is InChI=1S/C8H5BF3N2O3/c10-9(11,12)5-17-8-2-1-6(4-13)3-7(8)14(15)16/h1-3H,5H2/q-1. The number of halogens is 3. The maximum absolute atomic E-state index is 11.9. The highest BCUT2D eigenvalue weighted by Crippen LogP contribution is 2.28.